The Morgan fingerprint density at radius 3 is 2.31 bits per heavy atom. The van der Waals surface area contributed by atoms with Crippen LogP contribution in [0.1, 0.15) is 31.0 Å². The maximum absolute atomic E-state index is 14.2. The second-order valence-electron chi connectivity index (χ2n) is 12.8. The molecule has 0 radical (unpaired) electrons. The van der Waals surface area contributed by atoms with E-state index in [0.29, 0.717) is 33.2 Å². The summed E-state index contributed by atoms with van der Waals surface area (Å²) in [6.07, 6.45) is 0. The molecule has 0 aliphatic carbocycles. The minimum absolute atomic E-state index is 0.0443. The van der Waals surface area contributed by atoms with Gasteiger partial charge in [0.05, 0.1) is 18.3 Å². The molecule has 2 aromatic heterocycles. The number of carboxylic acid groups (broad SMARTS) is 1. The van der Waals surface area contributed by atoms with E-state index in [1.807, 2.05) is 0 Å². The Kier molecular flexibility index (Phi) is 11.2. The monoisotopic (exact) mass is 788 g/mol. The van der Waals surface area contributed by atoms with Gasteiger partial charge in [0.15, 0.2) is 0 Å². The van der Waals surface area contributed by atoms with Crippen LogP contribution < -0.4 is 21.9 Å². The highest BCUT2D eigenvalue weighted by Crippen LogP contribution is 2.44. The van der Waals surface area contributed by atoms with E-state index in [2.05, 4.69) is 20.5 Å². The number of fused-ring (bicyclic) bond motifs is 1. The molecule has 7 N–H and O–H groups in total. The van der Waals surface area contributed by atoms with E-state index in [4.69, 9.17) is 11.5 Å². The van der Waals surface area contributed by atoms with Gasteiger partial charge in [-0.1, -0.05) is 36.0 Å². The summed E-state index contributed by atoms with van der Waals surface area (Å²) in [7, 11) is 1.65. The van der Waals surface area contributed by atoms with E-state index in [0.717, 1.165) is 9.80 Å². The number of aliphatic carboxylic acids is 1. The summed E-state index contributed by atoms with van der Waals surface area (Å²) < 4.78 is 1.44. The van der Waals surface area contributed by atoms with E-state index in [1.54, 1.807) is 37.4 Å². The van der Waals surface area contributed by atoms with Gasteiger partial charge in [-0.25, -0.2) is 14.4 Å². The van der Waals surface area contributed by atoms with Crippen LogP contribution >= 0.6 is 23.5 Å². The number of nitrogens with one attached hydrogen (secondary N) is 1. The van der Waals surface area contributed by atoms with Crippen LogP contribution in [-0.4, -0.2) is 104 Å². The Labute approximate surface area is 321 Å². The van der Waals surface area contributed by atoms with Crippen LogP contribution in [0.4, 0.5) is 5.69 Å². The summed E-state index contributed by atoms with van der Waals surface area (Å²) in [6, 6.07) is 11.7. The molecule has 6 rings (SSSR count). The molecule has 1 fully saturated rings. The van der Waals surface area contributed by atoms with Crippen molar-refractivity contribution in [1.29, 1.82) is 0 Å². The van der Waals surface area contributed by atoms with Gasteiger partial charge in [0.1, 0.15) is 28.9 Å². The molecule has 55 heavy (non-hydrogen) atoms. The standard InChI is InChI=1S/C35H36N10O8S2/c1-17(36)30(49)44(18(2)46)23-9-4-19(5-10-23)25-13-8-21(29(48)38-25)14-43(31(50)26(37)20-6-11-24(47)12-7-20)28-32(51)45-27(34(52)53)22(15-54-33(28)45)16-55-35-39-40-41-42(35)3/h4-13,17,26,28,33,47H,14-16,36-37H2,1-3H3,(H,38,48)(H,52,53)/t17-,26?,28?,33+/m1/s1. The van der Waals surface area contributed by atoms with Crippen LogP contribution in [0, 0.1) is 0 Å². The molecule has 0 spiro atoms. The first kappa shape index (κ1) is 38.9. The lowest BCUT2D eigenvalue weighted by atomic mass is 9.98. The summed E-state index contributed by atoms with van der Waals surface area (Å²) >= 11 is 2.49. The number of amides is 4. The smallest absolute Gasteiger partial charge is 0.352 e. The van der Waals surface area contributed by atoms with Crippen molar-refractivity contribution >= 4 is 58.8 Å². The lowest BCUT2D eigenvalue weighted by Gasteiger charge is -2.53. The Bertz CT molecular complexity index is 2260. The number of pyridine rings is 1. The van der Waals surface area contributed by atoms with Gasteiger partial charge in [0.2, 0.25) is 22.9 Å². The molecule has 1 saturated heterocycles. The highest BCUT2D eigenvalue weighted by molar-refractivity contribution is 8.01. The Hall–Kier alpha value is -5.83. The topological polar surface area (TPSA) is 264 Å². The lowest BCUT2D eigenvalue weighted by Crippen LogP contribution is -2.71. The maximum Gasteiger partial charge on any atom is 0.352 e. The fourth-order valence-corrected chi connectivity index (χ4v) is 8.58. The first-order valence-corrected chi connectivity index (χ1v) is 18.7. The number of hydrogen-bond acceptors (Lipinski definition) is 14. The summed E-state index contributed by atoms with van der Waals surface area (Å²) in [5.74, 6) is -3.36. The van der Waals surface area contributed by atoms with Crippen LogP contribution in [0.25, 0.3) is 11.3 Å². The molecule has 2 unspecified atom stereocenters. The number of thioether (sulfide) groups is 2. The number of β-lactam (4-membered cyclic amide) rings is 1. The Balaban J connectivity index is 1.29. The van der Waals surface area contributed by atoms with Crippen molar-refractivity contribution < 1.29 is 34.2 Å². The van der Waals surface area contributed by atoms with Crippen LogP contribution in [0.3, 0.4) is 0 Å². The number of rotatable bonds is 12. The van der Waals surface area contributed by atoms with Gasteiger partial charge in [-0.2, -0.15) is 0 Å². The molecule has 4 amide bonds. The molecule has 2 aromatic carbocycles. The number of aromatic hydroxyl groups is 1. The number of aromatic amines is 1. The summed E-state index contributed by atoms with van der Waals surface area (Å²) in [5.41, 5.74) is 13.5. The van der Waals surface area contributed by atoms with Crippen molar-refractivity contribution in [3.8, 4) is 17.0 Å². The number of tetrazole rings is 1. The number of aromatic nitrogens is 5. The number of anilines is 1. The van der Waals surface area contributed by atoms with Gasteiger partial charge in [-0.15, -0.1) is 16.9 Å². The number of phenolic OH excluding ortho intramolecular Hbond substituents is 1. The molecule has 0 bridgehead atoms. The van der Waals surface area contributed by atoms with E-state index in [1.165, 1.54) is 77.3 Å². The fourth-order valence-electron chi connectivity index (χ4n) is 6.18. The minimum Gasteiger partial charge on any atom is -0.508 e. The van der Waals surface area contributed by atoms with Crippen molar-refractivity contribution in [2.24, 2.45) is 18.5 Å². The normalized spacial score (nSPS) is 17.5. The van der Waals surface area contributed by atoms with Crippen LogP contribution in [0.15, 0.2) is 81.9 Å². The Morgan fingerprint density at radius 2 is 1.73 bits per heavy atom. The second-order valence-corrected chi connectivity index (χ2v) is 14.8. The van der Waals surface area contributed by atoms with Gasteiger partial charge in [-0.3, -0.25) is 28.9 Å². The van der Waals surface area contributed by atoms with Crippen molar-refractivity contribution in [2.45, 2.75) is 49.0 Å². The molecule has 2 aliphatic rings. The average molecular weight is 789 g/mol. The number of nitrogens with zero attached hydrogens (tertiary/aromatic N) is 7. The number of nitrogens with two attached hydrogens (primary N) is 2. The first-order chi connectivity index (χ1) is 26.2. The SMILES string of the molecule is CC(=O)N(C(=O)[C@@H](C)N)c1ccc(-c2ccc(CN(C(=O)C(N)c3ccc(O)cc3)C3C(=O)N4C(C(=O)O)=C(CSc5nnnn5C)CS[C@@H]34)c(=O)[nH]2)cc1. The summed E-state index contributed by atoms with van der Waals surface area (Å²) in [6.45, 7) is 2.38. The third-order valence-electron chi connectivity index (χ3n) is 9.01. The average Bonchev–Trinajstić information content (AvgIpc) is 3.57. The Morgan fingerprint density at radius 1 is 1.04 bits per heavy atom. The van der Waals surface area contributed by atoms with Crippen LogP contribution in [0.2, 0.25) is 0 Å². The van der Waals surface area contributed by atoms with Crippen molar-refractivity contribution in [3.05, 3.63) is 93.4 Å². The third-order valence-corrected chi connectivity index (χ3v) is 11.4. The van der Waals surface area contributed by atoms with E-state index in [-0.39, 0.29) is 35.1 Å². The molecule has 0 saturated carbocycles. The first-order valence-electron chi connectivity index (χ1n) is 16.7. The lowest BCUT2D eigenvalue weighted by molar-refractivity contribution is -0.161. The van der Waals surface area contributed by atoms with E-state index >= 15 is 0 Å². The quantitative estimate of drug-likeness (QED) is 0.0988. The van der Waals surface area contributed by atoms with Gasteiger partial charge in [-0.05, 0) is 70.4 Å². The molecule has 18 nitrogen and oxygen atoms in total. The number of H-pyrrole nitrogens is 1. The van der Waals surface area contributed by atoms with Crippen molar-refractivity contribution in [2.75, 3.05) is 16.4 Å². The fraction of sp³-hybridized carbons (Fsp3) is 0.286. The van der Waals surface area contributed by atoms with Gasteiger partial charge in [0, 0.05) is 36.7 Å². The number of imide groups is 1. The van der Waals surface area contributed by atoms with Gasteiger partial charge in [0.25, 0.3) is 11.5 Å². The maximum atomic E-state index is 14.2. The summed E-state index contributed by atoms with van der Waals surface area (Å²) in [5, 5.41) is 31.0. The number of benzene rings is 2. The largest absolute Gasteiger partial charge is 0.508 e. The molecule has 20 heteroatoms. The second kappa shape index (κ2) is 15.9. The highest BCUT2D eigenvalue weighted by atomic mass is 32.2. The number of carboxylic acids is 1. The van der Waals surface area contributed by atoms with Crippen molar-refractivity contribution in [3.63, 3.8) is 0 Å². The molecular formula is C35H36N10O8S2. The van der Waals surface area contributed by atoms with Crippen molar-refractivity contribution in [1.82, 2.24) is 35.0 Å². The number of carbonyl (C=O) groups excluding carboxylic acids is 4. The van der Waals surface area contributed by atoms with Gasteiger partial charge >= 0.3 is 5.97 Å². The molecule has 4 aromatic rings. The number of aryl methyl sites for hydroxylation is 1. The molecule has 4 heterocycles. The zero-order valence-corrected chi connectivity index (χ0v) is 31.3. The number of phenols is 1. The molecule has 2 aliphatic heterocycles. The molecular weight excluding hydrogens is 753 g/mol. The van der Waals surface area contributed by atoms with E-state index in [9.17, 15) is 39.0 Å². The van der Waals surface area contributed by atoms with Crippen LogP contribution in [-0.2, 0) is 37.6 Å². The zero-order valence-electron chi connectivity index (χ0n) is 29.6. The zero-order chi connectivity index (χ0) is 39.7. The number of carbonyl (C=O) groups is 5. The van der Waals surface area contributed by atoms with Gasteiger partial charge < -0.3 is 31.6 Å². The predicted molar refractivity (Wildman–Crippen MR) is 201 cm³/mol. The number of hydrogen-bond donors (Lipinski definition) is 5. The molecule has 4 atom stereocenters. The predicted octanol–water partition coefficient (Wildman–Crippen LogP) is 0.941. The molecule has 286 valence electrons. The third kappa shape index (κ3) is 7.74. The highest BCUT2D eigenvalue weighted by Gasteiger charge is 2.57. The minimum atomic E-state index is -1.31. The van der Waals surface area contributed by atoms with E-state index < -0.39 is 58.7 Å². The summed E-state index contributed by atoms with van der Waals surface area (Å²) in [4.78, 5) is 85.2. The van der Waals surface area contributed by atoms with Crippen LogP contribution in [0.5, 0.6) is 5.75 Å².